The molecule has 6 heteroatoms. The number of aryl methyl sites for hydroxylation is 1. The highest BCUT2D eigenvalue weighted by atomic mass is 16.6. The highest BCUT2D eigenvalue weighted by molar-refractivity contribution is 5.79. The van der Waals surface area contributed by atoms with Crippen molar-refractivity contribution in [3.05, 3.63) is 47.0 Å². The van der Waals surface area contributed by atoms with Gasteiger partial charge < -0.3 is 18.9 Å². The maximum absolute atomic E-state index is 11.4. The molecule has 0 aliphatic rings. The van der Waals surface area contributed by atoms with Gasteiger partial charge in [0, 0.05) is 19.4 Å². The van der Waals surface area contributed by atoms with Crippen molar-refractivity contribution in [3.63, 3.8) is 0 Å². The molecule has 0 fully saturated rings. The summed E-state index contributed by atoms with van der Waals surface area (Å²) in [5, 5.41) is 0. The van der Waals surface area contributed by atoms with Crippen LogP contribution in [0.1, 0.15) is 30.5 Å². The van der Waals surface area contributed by atoms with Crippen LogP contribution in [0.5, 0.6) is 23.0 Å². The zero-order chi connectivity index (χ0) is 20.0. The molecule has 0 saturated carbocycles. The number of hydrogen-bond acceptors (Lipinski definition) is 6. The number of esters is 2. The summed E-state index contributed by atoms with van der Waals surface area (Å²) in [4.78, 5) is 22.6. The van der Waals surface area contributed by atoms with Crippen molar-refractivity contribution in [1.82, 2.24) is 0 Å². The highest BCUT2D eigenvalue weighted by Crippen LogP contribution is 2.35. The van der Waals surface area contributed by atoms with Gasteiger partial charge in [-0.25, -0.2) is 0 Å². The molecule has 0 saturated heterocycles. The largest absolute Gasteiger partial charge is 0.493 e. The summed E-state index contributed by atoms with van der Waals surface area (Å²) in [5.74, 6) is 0.769. The summed E-state index contributed by atoms with van der Waals surface area (Å²) in [6.45, 7) is 4.59. The third-order valence-corrected chi connectivity index (χ3v) is 3.59. The van der Waals surface area contributed by atoms with Crippen LogP contribution in [0, 0.1) is 6.92 Å². The van der Waals surface area contributed by atoms with E-state index in [1.807, 2.05) is 25.1 Å². The summed E-state index contributed by atoms with van der Waals surface area (Å²) in [6.07, 6.45) is 3.65. The summed E-state index contributed by atoms with van der Waals surface area (Å²) >= 11 is 0. The van der Waals surface area contributed by atoms with Crippen LogP contribution in [-0.2, 0) is 9.59 Å². The van der Waals surface area contributed by atoms with Crippen LogP contribution in [0.4, 0.5) is 0 Å². The number of rotatable bonds is 6. The fourth-order valence-corrected chi connectivity index (χ4v) is 2.51. The van der Waals surface area contributed by atoms with E-state index in [4.69, 9.17) is 18.9 Å². The molecule has 0 heterocycles. The van der Waals surface area contributed by atoms with Crippen LogP contribution in [0.2, 0.25) is 0 Å². The van der Waals surface area contributed by atoms with Gasteiger partial charge in [0.2, 0.25) is 0 Å². The van der Waals surface area contributed by atoms with Crippen LogP contribution < -0.4 is 18.9 Å². The Bertz CT molecular complexity index is 882. The second-order valence-corrected chi connectivity index (χ2v) is 5.82. The molecule has 27 heavy (non-hydrogen) atoms. The Balaban J connectivity index is 2.41. The van der Waals surface area contributed by atoms with Crippen molar-refractivity contribution in [2.75, 3.05) is 14.2 Å². The van der Waals surface area contributed by atoms with Crippen molar-refractivity contribution in [1.29, 1.82) is 0 Å². The maximum Gasteiger partial charge on any atom is 0.308 e. The molecule has 0 atom stereocenters. The van der Waals surface area contributed by atoms with Crippen LogP contribution in [0.3, 0.4) is 0 Å². The molecule has 0 bridgehead atoms. The van der Waals surface area contributed by atoms with E-state index in [0.29, 0.717) is 28.6 Å². The van der Waals surface area contributed by atoms with E-state index in [2.05, 4.69) is 0 Å². The van der Waals surface area contributed by atoms with Gasteiger partial charge in [0.15, 0.2) is 23.0 Å². The number of carbonyl (C=O) groups is 2. The third kappa shape index (κ3) is 5.34. The normalized spacial score (nSPS) is 10.6. The van der Waals surface area contributed by atoms with E-state index < -0.39 is 11.9 Å². The van der Waals surface area contributed by atoms with Crippen molar-refractivity contribution in [2.45, 2.75) is 20.8 Å². The second kappa shape index (κ2) is 8.89. The lowest BCUT2D eigenvalue weighted by molar-refractivity contribution is -0.132. The van der Waals surface area contributed by atoms with E-state index in [9.17, 15) is 9.59 Å². The molecule has 0 aromatic heterocycles. The average molecular weight is 370 g/mol. The second-order valence-electron chi connectivity index (χ2n) is 5.82. The van der Waals surface area contributed by atoms with Gasteiger partial charge in [-0.2, -0.15) is 0 Å². The van der Waals surface area contributed by atoms with Crippen LogP contribution >= 0.6 is 0 Å². The molecule has 0 aliphatic heterocycles. The van der Waals surface area contributed by atoms with Crippen molar-refractivity contribution < 1.29 is 28.5 Å². The van der Waals surface area contributed by atoms with Crippen molar-refractivity contribution in [3.8, 4) is 23.0 Å². The lowest BCUT2D eigenvalue weighted by Gasteiger charge is -2.12. The van der Waals surface area contributed by atoms with E-state index in [1.54, 1.807) is 24.3 Å². The standard InChI is InChI=1S/C21H22O6/c1-13-10-17(21(27-15(3)23)20(11-13)25-5)8-6-16-7-9-18(26-14(2)22)19(12-16)24-4/h6-12H,1-5H3. The first-order chi connectivity index (χ1) is 12.8. The molecule has 0 radical (unpaired) electrons. The van der Waals surface area contributed by atoms with Gasteiger partial charge in [-0.05, 0) is 42.3 Å². The Morgan fingerprint density at radius 2 is 1.48 bits per heavy atom. The van der Waals surface area contributed by atoms with Gasteiger partial charge in [-0.1, -0.05) is 18.2 Å². The number of benzene rings is 2. The smallest absolute Gasteiger partial charge is 0.308 e. The Kier molecular flexibility index (Phi) is 6.60. The number of ether oxygens (including phenoxy) is 4. The predicted molar refractivity (Wildman–Crippen MR) is 102 cm³/mol. The lowest BCUT2D eigenvalue weighted by Crippen LogP contribution is -2.05. The van der Waals surface area contributed by atoms with E-state index in [1.165, 1.54) is 28.1 Å². The number of methoxy groups -OCH3 is 2. The first kappa shape index (κ1) is 20.0. The molecule has 0 aliphatic carbocycles. The molecule has 0 spiro atoms. The third-order valence-electron chi connectivity index (χ3n) is 3.59. The number of carbonyl (C=O) groups excluding carboxylic acids is 2. The summed E-state index contributed by atoms with van der Waals surface area (Å²) < 4.78 is 21.0. The predicted octanol–water partition coefficient (Wildman–Crippen LogP) is 4.03. The van der Waals surface area contributed by atoms with Crippen molar-refractivity contribution in [2.24, 2.45) is 0 Å². The van der Waals surface area contributed by atoms with Gasteiger partial charge in [-0.15, -0.1) is 0 Å². The molecular weight excluding hydrogens is 348 g/mol. The summed E-state index contributed by atoms with van der Waals surface area (Å²) in [7, 11) is 3.02. The fraction of sp³-hybridized carbons (Fsp3) is 0.238. The molecule has 2 aromatic rings. The molecule has 6 nitrogen and oxygen atoms in total. The van der Waals surface area contributed by atoms with Gasteiger partial charge in [0.1, 0.15) is 0 Å². The minimum absolute atomic E-state index is 0.347. The topological polar surface area (TPSA) is 71.1 Å². The molecule has 142 valence electrons. The molecule has 0 N–H and O–H groups in total. The summed E-state index contributed by atoms with van der Waals surface area (Å²) in [6, 6.07) is 8.88. The Morgan fingerprint density at radius 1 is 0.815 bits per heavy atom. The Hall–Kier alpha value is -3.28. The molecule has 2 rings (SSSR count). The van der Waals surface area contributed by atoms with Gasteiger partial charge in [0.25, 0.3) is 0 Å². The highest BCUT2D eigenvalue weighted by Gasteiger charge is 2.13. The quantitative estimate of drug-likeness (QED) is 0.434. The lowest BCUT2D eigenvalue weighted by atomic mass is 10.1. The zero-order valence-corrected chi connectivity index (χ0v) is 16.0. The van der Waals surface area contributed by atoms with Gasteiger partial charge >= 0.3 is 11.9 Å². The Morgan fingerprint density at radius 3 is 2.07 bits per heavy atom. The minimum atomic E-state index is -0.431. The average Bonchev–Trinajstić information content (AvgIpc) is 2.61. The Labute approximate surface area is 158 Å². The van der Waals surface area contributed by atoms with Crippen LogP contribution in [0.15, 0.2) is 30.3 Å². The molecule has 0 amide bonds. The van der Waals surface area contributed by atoms with E-state index in [0.717, 1.165) is 11.1 Å². The molecular formula is C21H22O6. The van der Waals surface area contributed by atoms with Gasteiger partial charge in [0.05, 0.1) is 14.2 Å². The maximum atomic E-state index is 11.4. The van der Waals surface area contributed by atoms with E-state index in [-0.39, 0.29) is 0 Å². The zero-order valence-electron chi connectivity index (χ0n) is 16.0. The first-order valence-corrected chi connectivity index (χ1v) is 8.25. The van der Waals surface area contributed by atoms with Crippen LogP contribution in [0.25, 0.3) is 12.2 Å². The minimum Gasteiger partial charge on any atom is -0.493 e. The molecule has 0 unspecified atom stereocenters. The van der Waals surface area contributed by atoms with E-state index >= 15 is 0 Å². The van der Waals surface area contributed by atoms with Crippen molar-refractivity contribution >= 4 is 24.1 Å². The van der Waals surface area contributed by atoms with Crippen LogP contribution in [-0.4, -0.2) is 26.2 Å². The monoisotopic (exact) mass is 370 g/mol. The van der Waals surface area contributed by atoms with Gasteiger partial charge in [-0.3, -0.25) is 9.59 Å². The SMILES string of the molecule is COc1cc(C=Cc2cc(C)cc(OC)c2OC(C)=O)ccc1OC(C)=O. The molecule has 2 aromatic carbocycles. The number of hydrogen-bond donors (Lipinski definition) is 0. The first-order valence-electron chi connectivity index (χ1n) is 8.25. The summed E-state index contributed by atoms with van der Waals surface area (Å²) in [5.41, 5.74) is 2.48. The fourth-order valence-electron chi connectivity index (χ4n) is 2.51.